The predicted molar refractivity (Wildman–Crippen MR) is 58.0 cm³/mol. The van der Waals surface area contributed by atoms with Crippen molar-refractivity contribution in [3.05, 3.63) is 34.4 Å². The number of hydrogen-bond acceptors (Lipinski definition) is 3. The van der Waals surface area contributed by atoms with Crippen LogP contribution in [0, 0.1) is 15.5 Å². The maximum absolute atomic E-state index is 10.5. The fraction of sp³-hybridized carbons (Fsp3) is 0.455. The fourth-order valence-corrected chi connectivity index (χ4v) is 0.987. The zero-order valence-electron chi connectivity index (χ0n) is 9.19. The molecule has 0 aliphatic carbocycles. The Kier molecular flexibility index (Phi) is 3.29. The minimum absolute atomic E-state index is 0.0463. The first-order valence-corrected chi connectivity index (χ1v) is 4.76. The first-order chi connectivity index (χ1) is 6.88. The second-order valence-electron chi connectivity index (χ2n) is 4.60. The molecular formula is C11H15NO3. The van der Waals surface area contributed by atoms with E-state index in [-0.39, 0.29) is 11.1 Å². The molecule has 0 saturated carbocycles. The van der Waals surface area contributed by atoms with Crippen molar-refractivity contribution in [3.8, 4) is 5.75 Å². The lowest BCUT2D eigenvalue weighted by Gasteiger charge is -2.18. The van der Waals surface area contributed by atoms with Crippen LogP contribution in [0.1, 0.15) is 20.8 Å². The molecule has 0 aliphatic heterocycles. The Bertz CT molecular complexity index is 355. The maximum Gasteiger partial charge on any atom is 0.273 e. The van der Waals surface area contributed by atoms with Gasteiger partial charge in [0, 0.05) is 6.07 Å². The molecule has 1 rings (SSSR count). The number of hydrogen-bond donors (Lipinski definition) is 0. The van der Waals surface area contributed by atoms with Crippen molar-refractivity contribution in [2.75, 3.05) is 6.61 Å². The third-order valence-corrected chi connectivity index (χ3v) is 1.70. The van der Waals surface area contributed by atoms with Gasteiger partial charge in [-0.3, -0.25) is 10.1 Å². The van der Waals surface area contributed by atoms with E-state index in [0.717, 1.165) is 0 Å². The molecule has 15 heavy (non-hydrogen) atoms. The molecule has 0 heterocycles. The first-order valence-electron chi connectivity index (χ1n) is 4.76. The lowest BCUT2D eigenvalue weighted by atomic mass is 9.99. The van der Waals surface area contributed by atoms with Crippen molar-refractivity contribution in [2.45, 2.75) is 20.8 Å². The summed E-state index contributed by atoms with van der Waals surface area (Å²) < 4.78 is 5.46. The Hall–Kier alpha value is -1.58. The first kappa shape index (κ1) is 11.5. The van der Waals surface area contributed by atoms with Crippen LogP contribution in [0.4, 0.5) is 5.69 Å². The van der Waals surface area contributed by atoms with Gasteiger partial charge in [0.05, 0.1) is 17.6 Å². The highest BCUT2D eigenvalue weighted by molar-refractivity contribution is 5.37. The Morgan fingerprint density at radius 2 is 2.07 bits per heavy atom. The number of non-ortho nitro benzene ring substituents is 1. The molecule has 0 atom stereocenters. The minimum Gasteiger partial charge on any atom is -0.493 e. The van der Waals surface area contributed by atoms with E-state index >= 15 is 0 Å². The van der Waals surface area contributed by atoms with E-state index in [9.17, 15) is 10.1 Å². The molecule has 0 aromatic heterocycles. The van der Waals surface area contributed by atoms with E-state index < -0.39 is 4.92 Å². The Morgan fingerprint density at radius 3 is 2.60 bits per heavy atom. The van der Waals surface area contributed by atoms with E-state index in [0.29, 0.717) is 12.4 Å². The Labute approximate surface area is 89.0 Å². The van der Waals surface area contributed by atoms with Crippen LogP contribution in [0.2, 0.25) is 0 Å². The zero-order valence-corrected chi connectivity index (χ0v) is 9.19. The number of nitro benzene ring substituents is 1. The standard InChI is InChI=1S/C11H15NO3/c1-11(2,3)8-15-10-6-4-5-9(7-10)12(13)14/h4-7H,8H2,1-3H3. The number of benzene rings is 1. The van der Waals surface area contributed by atoms with Crippen LogP contribution in [-0.4, -0.2) is 11.5 Å². The van der Waals surface area contributed by atoms with Gasteiger partial charge >= 0.3 is 0 Å². The van der Waals surface area contributed by atoms with Crippen molar-refractivity contribution in [2.24, 2.45) is 5.41 Å². The number of nitro groups is 1. The molecule has 0 spiro atoms. The van der Waals surface area contributed by atoms with Crippen molar-refractivity contribution in [1.82, 2.24) is 0 Å². The van der Waals surface area contributed by atoms with Crippen molar-refractivity contribution >= 4 is 5.69 Å². The van der Waals surface area contributed by atoms with E-state index in [1.165, 1.54) is 12.1 Å². The van der Waals surface area contributed by atoms with Crippen LogP contribution in [0.15, 0.2) is 24.3 Å². The van der Waals surface area contributed by atoms with Gasteiger partial charge in [-0.15, -0.1) is 0 Å². The molecule has 0 amide bonds. The third-order valence-electron chi connectivity index (χ3n) is 1.70. The summed E-state index contributed by atoms with van der Waals surface area (Å²) in [5, 5.41) is 10.5. The molecule has 0 unspecified atom stereocenters. The van der Waals surface area contributed by atoms with Crippen molar-refractivity contribution in [3.63, 3.8) is 0 Å². The van der Waals surface area contributed by atoms with Gasteiger partial charge < -0.3 is 4.74 Å². The molecule has 0 fully saturated rings. The van der Waals surface area contributed by atoms with Gasteiger partial charge in [0.15, 0.2) is 0 Å². The predicted octanol–water partition coefficient (Wildman–Crippen LogP) is 3.02. The van der Waals surface area contributed by atoms with Crippen LogP contribution in [-0.2, 0) is 0 Å². The molecule has 1 aromatic carbocycles. The Balaban J connectivity index is 2.70. The maximum atomic E-state index is 10.5. The van der Waals surface area contributed by atoms with E-state index in [2.05, 4.69) is 0 Å². The minimum atomic E-state index is -0.427. The average molecular weight is 209 g/mol. The van der Waals surface area contributed by atoms with Crippen LogP contribution in [0.5, 0.6) is 5.75 Å². The lowest BCUT2D eigenvalue weighted by Crippen LogP contribution is -2.16. The van der Waals surface area contributed by atoms with Gasteiger partial charge in [0.25, 0.3) is 5.69 Å². The highest BCUT2D eigenvalue weighted by Gasteiger charge is 2.12. The second-order valence-corrected chi connectivity index (χ2v) is 4.60. The second kappa shape index (κ2) is 4.29. The topological polar surface area (TPSA) is 52.4 Å². The van der Waals surface area contributed by atoms with Gasteiger partial charge in [0.1, 0.15) is 5.75 Å². The molecule has 4 nitrogen and oxygen atoms in total. The Morgan fingerprint density at radius 1 is 1.40 bits per heavy atom. The van der Waals surface area contributed by atoms with Gasteiger partial charge in [-0.05, 0) is 11.5 Å². The number of nitrogens with zero attached hydrogens (tertiary/aromatic N) is 1. The van der Waals surface area contributed by atoms with Crippen LogP contribution in [0.25, 0.3) is 0 Å². The average Bonchev–Trinajstić information content (AvgIpc) is 2.14. The summed E-state index contributed by atoms with van der Waals surface area (Å²) in [4.78, 5) is 10.1. The molecule has 4 heteroatoms. The van der Waals surface area contributed by atoms with Crippen molar-refractivity contribution in [1.29, 1.82) is 0 Å². The summed E-state index contributed by atoms with van der Waals surface area (Å²) in [5.41, 5.74) is 0.103. The van der Waals surface area contributed by atoms with Gasteiger partial charge in [-0.25, -0.2) is 0 Å². The van der Waals surface area contributed by atoms with E-state index in [4.69, 9.17) is 4.74 Å². The molecule has 0 saturated heterocycles. The molecule has 0 radical (unpaired) electrons. The zero-order chi connectivity index (χ0) is 11.5. The summed E-state index contributed by atoms with van der Waals surface area (Å²) >= 11 is 0. The highest BCUT2D eigenvalue weighted by atomic mass is 16.6. The quantitative estimate of drug-likeness (QED) is 0.568. The normalized spacial score (nSPS) is 11.1. The SMILES string of the molecule is CC(C)(C)COc1cccc([N+](=O)[O-])c1. The van der Waals surface area contributed by atoms with E-state index in [1.54, 1.807) is 12.1 Å². The van der Waals surface area contributed by atoms with Gasteiger partial charge in [-0.2, -0.15) is 0 Å². The van der Waals surface area contributed by atoms with Crippen molar-refractivity contribution < 1.29 is 9.66 Å². The summed E-state index contributed by atoms with van der Waals surface area (Å²) in [6.45, 7) is 6.67. The van der Waals surface area contributed by atoms with Crippen LogP contribution >= 0.6 is 0 Å². The van der Waals surface area contributed by atoms with Crippen LogP contribution < -0.4 is 4.74 Å². The van der Waals surface area contributed by atoms with E-state index in [1.807, 2.05) is 20.8 Å². The van der Waals surface area contributed by atoms with Gasteiger partial charge in [-0.1, -0.05) is 26.8 Å². The molecular weight excluding hydrogens is 194 g/mol. The summed E-state index contributed by atoms with van der Waals surface area (Å²) in [6, 6.07) is 6.23. The fourth-order valence-electron chi connectivity index (χ4n) is 0.987. The molecule has 0 aliphatic rings. The highest BCUT2D eigenvalue weighted by Crippen LogP contribution is 2.21. The lowest BCUT2D eigenvalue weighted by molar-refractivity contribution is -0.384. The molecule has 82 valence electrons. The molecule has 1 aromatic rings. The number of ether oxygens (including phenoxy) is 1. The van der Waals surface area contributed by atoms with Crippen LogP contribution in [0.3, 0.4) is 0 Å². The monoisotopic (exact) mass is 209 g/mol. The third kappa shape index (κ3) is 3.97. The summed E-state index contributed by atoms with van der Waals surface area (Å²) in [5.74, 6) is 0.541. The smallest absolute Gasteiger partial charge is 0.273 e. The largest absolute Gasteiger partial charge is 0.493 e. The molecule has 0 N–H and O–H groups in total. The van der Waals surface area contributed by atoms with Gasteiger partial charge in [0.2, 0.25) is 0 Å². The molecule has 0 bridgehead atoms. The number of rotatable bonds is 3. The summed E-state index contributed by atoms with van der Waals surface area (Å²) in [7, 11) is 0. The summed E-state index contributed by atoms with van der Waals surface area (Å²) in [6.07, 6.45) is 0.